The third kappa shape index (κ3) is 4.42. The number of aryl methyl sites for hydroxylation is 1. The Hall–Kier alpha value is -3.23. The Labute approximate surface area is 213 Å². The number of aliphatic hydroxyl groups is 2. The molecule has 2 heterocycles. The number of alkyl halides is 3. The summed E-state index contributed by atoms with van der Waals surface area (Å²) >= 11 is 1.38. The van der Waals surface area contributed by atoms with E-state index in [0.29, 0.717) is 16.3 Å². The van der Waals surface area contributed by atoms with Gasteiger partial charge in [0.25, 0.3) is 0 Å². The number of carbonyl (C=O) groups excluding carboxylic acids is 1. The maximum absolute atomic E-state index is 12.8. The molecule has 2 saturated carbocycles. The third-order valence-corrected chi connectivity index (χ3v) is 8.00. The van der Waals surface area contributed by atoms with Gasteiger partial charge in [0.15, 0.2) is 0 Å². The molecule has 0 radical (unpaired) electrons. The number of para-hydroxylation sites is 1. The van der Waals surface area contributed by atoms with Gasteiger partial charge in [0.1, 0.15) is 29.1 Å². The molecule has 1 aromatic carbocycles. The first-order valence-corrected chi connectivity index (χ1v) is 12.3. The molecule has 0 saturated heterocycles. The van der Waals surface area contributed by atoms with Crippen molar-refractivity contribution in [1.82, 2.24) is 19.9 Å². The molecule has 1 amide bonds. The van der Waals surface area contributed by atoms with E-state index in [1.54, 1.807) is 6.92 Å². The third-order valence-electron chi connectivity index (χ3n) is 6.95. The van der Waals surface area contributed by atoms with Crippen LogP contribution in [0.5, 0.6) is 0 Å². The second kappa shape index (κ2) is 8.96. The van der Waals surface area contributed by atoms with Gasteiger partial charge in [-0.15, -0.1) is 11.3 Å². The number of thiazole rings is 1. The van der Waals surface area contributed by atoms with Crippen LogP contribution in [0.2, 0.25) is 0 Å². The van der Waals surface area contributed by atoms with Crippen LogP contribution in [-0.4, -0.2) is 86.8 Å². The number of benzene rings is 1. The zero-order valence-electron chi connectivity index (χ0n) is 20.1. The smallest absolute Gasteiger partial charge is 0.409 e. The molecule has 2 aliphatic rings. The predicted octanol–water partition coefficient (Wildman–Crippen LogP) is 3.01. The van der Waals surface area contributed by atoms with Crippen molar-refractivity contribution in [1.29, 1.82) is 0 Å². The van der Waals surface area contributed by atoms with Gasteiger partial charge in [-0.3, -0.25) is 0 Å². The number of anilines is 2. The molecule has 0 aliphatic heterocycles. The van der Waals surface area contributed by atoms with Crippen LogP contribution < -0.4 is 10.6 Å². The first-order valence-electron chi connectivity index (χ1n) is 11.5. The molecule has 0 bridgehead atoms. The van der Waals surface area contributed by atoms with Crippen molar-refractivity contribution in [2.45, 2.75) is 43.3 Å². The van der Waals surface area contributed by atoms with E-state index in [9.17, 15) is 28.2 Å². The first kappa shape index (κ1) is 25.4. The van der Waals surface area contributed by atoms with Crippen LogP contribution >= 0.6 is 11.3 Å². The summed E-state index contributed by atoms with van der Waals surface area (Å²) in [5.74, 6) is -0.467. The predicted molar refractivity (Wildman–Crippen MR) is 130 cm³/mol. The van der Waals surface area contributed by atoms with E-state index in [1.165, 1.54) is 30.4 Å². The number of hydrogen-bond acceptors (Lipinski definition) is 10. The second-order valence-electron chi connectivity index (χ2n) is 9.26. The summed E-state index contributed by atoms with van der Waals surface area (Å²) in [6.45, 7) is 0.326. The number of methoxy groups -OCH3 is 1. The number of rotatable bonds is 6. The number of aliphatic hydroxyl groups excluding tert-OH is 1. The zero-order chi connectivity index (χ0) is 26.7. The normalized spacial score (nSPS) is 26.6. The van der Waals surface area contributed by atoms with Crippen LogP contribution in [0.25, 0.3) is 20.8 Å². The Balaban J connectivity index is 1.47. The maximum atomic E-state index is 12.8. The highest BCUT2D eigenvalue weighted by molar-refractivity contribution is 7.21. The molecule has 3 aromatic rings. The summed E-state index contributed by atoms with van der Waals surface area (Å²) < 4.78 is 44.1. The summed E-state index contributed by atoms with van der Waals surface area (Å²) in [4.78, 5) is 26.3. The lowest BCUT2D eigenvalue weighted by molar-refractivity contribution is -0.115. The lowest BCUT2D eigenvalue weighted by Crippen LogP contribution is -2.47. The summed E-state index contributed by atoms with van der Waals surface area (Å²) in [5.41, 5.74) is 0.0794. The Morgan fingerprint density at radius 2 is 2.03 bits per heavy atom. The van der Waals surface area contributed by atoms with Gasteiger partial charge < -0.3 is 30.5 Å². The van der Waals surface area contributed by atoms with Crippen LogP contribution in [0, 0.1) is 12.8 Å². The molecule has 5 atom stereocenters. The van der Waals surface area contributed by atoms with Gasteiger partial charge in [-0.2, -0.15) is 18.2 Å². The minimum absolute atomic E-state index is 0.183. The standard InChI is InChI=1S/C23H25F3N6O4S/c1-10-15(19-30-12-6-4-5-7-14(12)37-19)18(31-20(28-10)27-9-22(24,25)26)29-13-8-11-16(23(11,35)17(13)33)32(2)21(34)36-3/h4-7,11,13,16-17,33,35H,8-9H2,1-3H3,(H2,27,28,29,31)/t11-,13-,16?,17+,23+/m1/s1. The van der Waals surface area contributed by atoms with Crippen molar-refractivity contribution >= 4 is 39.4 Å². The SMILES string of the molecule is COC(=O)N(C)C1[C@H]2C[C@@H](Nc3nc(NCC(F)(F)F)nc(C)c3-c3nc4ccccc4s3)[C@H](O)[C@@]12O. The molecular formula is C23H25F3N6O4S. The number of ether oxygens (including phenoxy) is 1. The number of aromatic nitrogens is 3. The second-order valence-corrected chi connectivity index (χ2v) is 10.3. The van der Waals surface area contributed by atoms with Gasteiger partial charge in [0.2, 0.25) is 5.95 Å². The number of fused-ring (bicyclic) bond motifs is 2. The minimum Gasteiger partial charge on any atom is -0.453 e. The number of halogens is 3. The molecular weight excluding hydrogens is 513 g/mol. The fourth-order valence-electron chi connectivity index (χ4n) is 5.21. The van der Waals surface area contributed by atoms with Crippen molar-refractivity contribution in [3.05, 3.63) is 30.0 Å². The average Bonchev–Trinajstić information content (AvgIpc) is 3.10. The summed E-state index contributed by atoms with van der Waals surface area (Å²) in [6, 6.07) is 6.17. The van der Waals surface area contributed by atoms with E-state index in [0.717, 1.165) is 10.2 Å². The van der Waals surface area contributed by atoms with Crippen molar-refractivity contribution in [2.75, 3.05) is 31.3 Å². The molecule has 5 rings (SSSR count). The fraction of sp³-hybridized carbons (Fsp3) is 0.478. The summed E-state index contributed by atoms with van der Waals surface area (Å²) in [5, 5.41) is 28.0. The van der Waals surface area contributed by atoms with Crippen molar-refractivity contribution in [2.24, 2.45) is 5.92 Å². The molecule has 1 unspecified atom stereocenters. The van der Waals surface area contributed by atoms with E-state index in [4.69, 9.17) is 4.74 Å². The molecule has 10 nitrogen and oxygen atoms in total. The van der Waals surface area contributed by atoms with E-state index in [-0.39, 0.29) is 18.2 Å². The van der Waals surface area contributed by atoms with Crippen LogP contribution in [0.3, 0.4) is 0 Å². The van der Waals surface area contributed by atoms with Crippen molar-refractivity contribution in [3.63, 3.8) is 0 Å². The van der Waals surface area contributed by atoms with Gasteiger partial charge in [0, 0.05) is 13.0 Å². The molecule has 4 N–H and O–H groups in total. The van der Waals surface area contributed by atoms with Crippen LogP contribution in [0.1, 0.15) is 12.1 Å². The van der Waals surface area contributed by atoms with Crippen LogP contribution in [-0.2, 0) is 4.74 Å². The molecule has 37 heavy (non-hydrogen) atoms. The van der Waals surface area contributed by atoms with E-state index in [2.05, 4.69) is 25.6 Å². The highest BCUT2D eigenvalue weighted by Crippen LogP contribution is 2.58. The number of nitrogens with zero attached hydrogens (tertiary/aromatic N) is 4. The number of hydrogen-bond donors (Lipinski definition) is 4. The van der Waals surface area contributed by atoms with E-state index >= 15 is 0 Å². The molecule has 14 heteroatoms. The van der Waals surface area contributed by atoms with E-state index in [1.807, 2.05) is 24.3 Å². The first-order chi connectivity index (χ1) is 17.4. The molecule has 198 valence electrons. The summed E-state index contributed by atoms with van der Waals surface area (Å²) in [6.07, 6.45) is -6.09. The molecule has 2 aliphatic carbocycles. The van der Waals surface area contributed by atoms with Gasteiger partial charge in [-0.05, 0) is 25.5 Å². The maximum Gasteiger partial charge on any atom is 0.409 e. The Morgan fingerprint density at radius 3 is 2.65 bits per heavy atom. The number of nitrogens with one attached hydrogen (secondary N) is 2. The summed E-state index contributed by atoms with van der Waals surface area (Å²) in [7, 11) is 2.72. The number of carbonyl (C=O) groups is 1. The van der Waals surface area contributed by atoms with Gasteiger partial charge in [-0.1, -0.05) is 12.1 Å². The lowest BCUT2D eigenvalue weighted by atomic mass is 10.1. The van der Waals surface area contributed by atoms with E-state index < -0.39 is 48.5 Å². The van der Waals surface area contributed by atoms with Gasteiger partial charge in [-0.25, -0.2) is 14.8 Å². The zero-order valence-corrected chi connectivity index (χ0v) is 20.9. The topological polar surface area (TPSA) is 133 Å². The molecule has 2 aromatic heterocycles. The van der Waals surface area contributed by atoms with Crippen molar-refractivity contribution < 1.29 is 32.9 Å². The Morgan fingerprint density at radius 1 is 1.30 bits per heavy atom. The van der Waals surface area contributed by atoms with Crippen LogP contribution in [0.4, 0.5) is 29.7 Å². The lowest BCUT2D eigenvalue weighted by Gasteiger charge is -2.28. The minimum atomic E-state index is -4.47. The average molecular weight is 539 g/mol. The quantitative estimate of drug-likeness (QED) is 0.374. The van der Waals surface area contributed by atoms with Gasteiger partial charge >= 0.3 is 12.3 Å². The van der Waals surface area contributed by atoms with Gasteiger partial charge in [0.05, 0.1) is 40.7 Å². The molecule has 2 fully saturated rings. The van der Waals surface area contributed by atoms with Crippen molar-refractivity contribution in [3.8, 4) is 10.6 Å². The molecule has 0 spiro atoms. The monoisotopic (exact) mass is 538 g/mol. The Kier molecular flexibility index (Phi) is 6.15. The Bertz CT molecular complexity index is 1320. The van der Waals surface area contributed by atoms with Crippen LogP contribution in [0.15, 0.2) is 24.3 Å². The number of likely N-dealkylation sites (N-methyl/N-ethyl adjacent to an activating group) is 1. The highest BCUT2D eigenvalue weighted by Gasteiger charge is 2.76. The fourth-order valence-corrected chi connectivity index (χ4v) is 6.27. The highest BCUT2D eigenvalue weighted by atomic mass is 32.1. The largest absolute Gasteiger partial charge is 0.453 e. The number of amides is 1.